The fraction of sp³-hybridized carbons (Fsp3) is 0.391. The fourth-order valence-electron chi connectivity index (χ4n) is 3.76. The maximum Gasteiger partial charge on any atom is 0.243 e. The molecule has 0 radical (unpaired) electrons. The molecule has 2 aromatic rings. The molecule has 30 heavy (non-hydrogen) atoms. The molecule has 2 atom stereocenters. The average molecular weight is 429 g/mol. The summed E-state index contributed by atoms with van der Waals surface area (Å²) in [5, 5.41) is 5.71. The molecule has 1 saturated heterocycles. The zero-order valence-electron chi connectivity index (χ0n) is 17.2. The minimum atomic E-state index is -3.10. The van der Waals surface area contributed by atoms with Crippen molar-refractivity contribution in [1.82, 2.24) is 10.6 Å². The highest BCUT2D eigenvalue weighted by Gasteiger charge is 2.33. The minimum absolute atomic E-state index is 0.0475. The van der Waals surface area contributed by atoms with Gasteiger partial charge in [-0.25, -0.2) is 8.42 Å². The molecule has 0 aliphatic carbocycles. The van der Waals surface area contributed by atoms with Crippen LogP contribution >= 0.6 is 0 Å². The molecule has 160 valence electrons. The van der Waals surface area contributed by atoms with Gasteiger partial charge in [-0.15, -0.1) is 0 Å². The SMILES string of the molecule is CC(C)C(NC(=O)C(c1ccccc1)c1ccccc1)C(=O)NC1CCS(=O)(=O)C1. The number of amides is 2. The van der Waals surface area contributed by atoms with E-state index in [4.69, 9.17) is 0 Å². The van der Waals surface area contributed by atoms with Crippen LogP contribution in [-0.2, 0) is 19.4 Å². The predicted octanol–water partition coefficient (Wildman–Crippen LogP) is 2.26. The zero-order chi connectivity index (χ0) is 21.7. The van der Waals surface area contributed by atoms with Gasteiger partial charge in [-0.05, 0) is 23.5 Å². The molecule has 7 heteroatoms. The van der Waals surface area contributed by atoms with Crippen LogP contribution in [0.5, 0.6) is 0 Å². The van der Waals surface area contributed by atoms with Crippen molar-refractivity contribution in [1.29, 1.82) is 0 Å². The van der Waals surface area contributed by atoms with Gasteiger partial charge >= 0.3 is 0 Å². The first-order valence-electron chi connectivity index (χ1n) is 10.2. The second-order valence-corrected chi connectivity index (χ2v) is 10.3. The Morgan fingerprint density at radius 1 is 0.900 bits per heavy atom. The van der Waals surface area contributed by atoms with Crippen LogP contribution in [-0.4, -0.2) is 43.8 Å². The van der Waals surface area contributed by atoms with E-state index in [0.717, 1.165) is 11.1 Å². The molecule has 2 N–H and O–H groups in total. The third-order valence-corrected chi connectivity index (χ3v) is 7.12. The second kappa shape index (κ2) is 9.43. The van der Waals surface area contributed by atoms with Crippen LogP contribution in [0.4, 0.5) is 0 Å². The van der Waals surface area contributed by atoms with Crippen molar-refractivity contribution in [3.8, 4) is 0 Å². The van der Waals surface area contributed by atoms with E-state index < -0.39 is 27.8 Å². The third-order valence-electron chi connectivity index (χ3n) is 5.35. The summed E-state index contributed by atoms with van der Waals surface area (Å²) >= 11 is 0. The summed E-state index contributed by atoms with van der Waals surface area (Å²) in [5.41, 5.74) is 1.68. The Morgan fingerprint density at radius 3 is 1.87 bits per heavy atom. The van der Waals surface area contributed by atoms with Crippen molar-refractivity contribution in [2.45, 2.75) is 38.3 Å². The zero-order valence-corrected chi connectivity index (χ0v) is 18.1. The molecule has 2 amide bonds. The lowest BCUT2D eigenvalue weighted by atomic mass is 9.89. The Balaban J connectivity index is 1.79. The number of hydrogen-bond donors (Lipinski definition) is 2. The van der Waals surface area contributed by atoms with Crippen LogP contribution < -0.4 is 10.6 Å². The number of benzene rings is 2. The van der Waals surface area contributed by atoms with Crippen LogP contribution in [0.25, 0.3) is 0 Å². The van der Waals surface area contributed by atoms with Gasteiger partial charge in [0.1, 0.15) is 6.04 Å². The summed E-state index contributed by atoms with van der Waals surface area (Å²) < 4.78 is 23.4. The molecule has 3 rings (SSSR count). The van der Waals surface area contributed by atoms with Crippen molar-refractivity contribution in [2.24, 2.45) is 5.92 Å². The summed E-state index contributed by atoms with van der Waals surface area (Å²) in [7, 11) is -3.10. The van der Waals surface area contributed by atoms with E-state index >= 15 is 0 Å². The van der Waals surface area contributed by atoms with Gasteiger partial charge in [0.2, 0.25) is 11.8 Å². The molecule has 0 bridgehead atoms. The van der Waals surface area contributed by atoms with E-state index in [-0.39, 0.29) is 29.2 Å². The summed E-state index contributed by atoms with van der Waals surface area (Å²) in [4.78, 5) is 26.2. The van der Waals surface area contributed by atoms with E-state index in [0.29, 0.717) is 6.42 Å². The highest BCUT2D eigenvalue weighted by Crippen LogP contribution is 2.25. The quantitative estimate of drug-likeness (QED) is 0.708. The van der Waals surface area contributed by atoms with Crippen LogP contribution in [0, 0.1) is 5.92 Å². The highest BCUT2D eigenvalue weighted by atomic mass is 32.2. The maximum atomic E-state index is 13.3. The monoisotopic (exact) mass is 428 g/mol. The van der Waals surface area contributed by atoms with Gasteiger partial charge < -0.3 is 10.6 Å². The van der Waals surface area contributed by atoms with E-state index in [2.05, 4.69) is 10.6 Å². The molecule has 1 aliphatic heterocycles. The topological polar surface area (TPSA) is 92.3 Å². The van der Waals surface area contributed by atoms with Crippen molar-refractivity contribution < 1.29 is 18.0 Å². The summed E-state index contributed by atoms with van der Waals surface area (Å²) in [6.07, 6.45) is 0.406. The summed E-state index contributed by atoms with van der Waals surface area (Å²) in [6.45, 7) is 3.71. The molecule has 1 fully saturated rings. The van der Waals surface area contributed by atoms with E-state index in [1.54, 1.807) is 0 Å². The Labute approximate surface area is 178 Å². The van der Waals surface area contributed by atoms with Crippen LogP contribution in [0.1, 0.15) is 37.3 Å². The van der Waals surface area contributed by atoms with Crippen molar-refractivity contribution in [3.63, 3.8) is 0 Å². The van der Waals surface area contributed by atoms with Crippen molar-refractivity contribution in [2.75, 3.05) is 11.5 Å². The normalized spacial score (nSPS) is 18.9. The Bertz CT molecular complexity index is 935. The smallest absolute Gasteiger partial charge is 0.243 e. The lowest BCUT2D eigenvalue weighted by molar-refractivity contribution is -0.130. The number of rotatable bonds is 7. The highest BCUT2D eigenvalue weighted by molar-refractivity contribution is 7.91. The van der Waals surface area contributed by atoms with Gasteiger partial charge in [-0.2, -0.15) is 0 Å². The molecule has 6 nitrogen and oxygen atoms in total. The predicted molar refractivity (Wildman–Crippen MR) is 117 cm³/mol. The summed E-state index contributed by atoms with van der Waals surface area (Å²) in [6, 6.07) is 17.7. The fourth-order valence-corrected chi connectivity index (χ4v) is 5.43. The number of carbonyl (C=O) groups excluding carboxylic acids is 2. The number of sulfone groups is 1. The van der Waals surface area contributed by atoms with Crippen LogP contribution in [0.2, 0.25) is 0 Å². The maximum absolute atomic E-state index is 13.3. The van der Waals surface area contributed by atoms with E-state index in [9.17, 15) is 18.0 Å². The van der Waals surface area contributed by atoms with Gasteiger partial charge in [0.15, 0.2) is 9.84 Å². The molecule has 0 aromatic heterocycles. The van der Waals surface area contributed by atoms with E-state index in [1.165, 1.54) is 0 Å². The standard InChI is InChI=1S/C23H28N2O4S/c1-16(2)21(23(27)24-19-13-14-30(28,29)15-19)25-22(26)20(17-9-5-3-6-10-17)18-11-7-4-8-12-18/h3-12,16,19-21H,13-15H2,1-2H3,(H,24,27)(H,25,26). The van der Waals surface area contributed by atoms with Gasteiger partial charge in [-0.3, -0.25) is 9.59 Å². The van der Waals surface area contributed by atoms with Crippen LogP contribution in [0.15, 0.2) is 60.7 Å². The first kappa shape index (κ1) is 22.0. The average Bonchev–Trinajstić information content (AvgIpc) is 3.05. The number of carbonyl (C=O) groups is 2. The molecule has 1 aliphatic rings. The lowest BCUT2D eigenvalue weighted by Crippen LogP contribution is -2.53. The second-order valence-electron chi connectivity index (χ2n) is 8.09. The van der Waals surface area contributed by atoms with Gasteiger partial charge in [0, 0.05) is 6.04 Å². The van der Waals surface area contributed by atoms with Gasteiger partial charge in [0.25, 0.3) is 0 Å². The molecule has 2 unspecified atom stereocenters. The van der Waals surface area contributed by atoms with Gasteiger partial charge in [-0.1, -0.05) is 74.5 Å². The summed E-state index contributed by atoms with van der Waals surface area (Å²) in [5.74, 6) is -1.28. The van der Waals surface area contributed by atoms with E-state index in [1.807, 2.05) is 74.5 Å². The molecule has 1 heterocycles. The minimum Gasteiger partial charge on any atom is -0.351 e. The Hall–Kier alpha value is -2.67. The Morgan fingerprint density at radius 2 is 1.43 bits per heavy atom. The van der Waals surface area contributed by atoms with Crippen molar-refractivity contribution >= 4 is 21.7 Å². The molecular formula is C23H28N2O4S. The number of nitrogens with one attached hydrogen (secondary N) is 2. The molecular weight excluding hydrogens is 400 g/mol. The number of hydrogen-bond acceptors (Lipinski definition) is 4. The molecule has 0 spiro atoms. The Kier molecular flexibility index (Phi) is 6.92. The van der Waals surface area contributed by atoms with Gasteiger partial charge in [0.05, 0.1) is 17.4 Å². The first-order chi connectivity index (χ1) is 14.3. The first-order valence-corrected chi connectivity index (χ1v) is 12.0. The molecule has 2 aromatic carbocycles. The lowest BCUT2D eigenvalue weighted by Gasteiger charge is -2.26. The molecule has 0 saturated carbocycles. The van der Waals surface area contributed by atoms with Crippen molar-refractivity contribution in [3.05, 3.63) is 71.8 Å². The van der Waals surface area contributed by atoms with Crippen LogP contribution in [0.3, 0.4) is 0 Å². The largest absolute Gasteiger partial charge is 0.351 e. The third kappa shape index (κ3) is 5.48.